The Morgan fingerprint density at radius 1 is 1.13 bits per heavy atom. The van der Waals surface area contributed by atoms with Gasteiger partial charge in [0.05, 0.1) is 10.5 Å². The van der Waals surface area contributed by atoms with E-state index in [9.17, 15) is 19.7 Å². The number of carbonyl (C=O) groups is 2. The molecular weight excluding hydrogens is 386 g/mol. The van der Waals surface area contributed by atoms with Crippen LogP contribution in [0.3, 0.4) is 0 Å². The van der Waals surface area contributed by atoms with E-state index in [-0.39, 0.29) is 35.8 Å². The average molecular weight is 418 g/mol. The van der Waals surface area contributed by atoms with E-state index < -0.39 is 10.9 Å². The molecule has 0 spiro atoms. The highest BCUT2D eigenvalue weighted by molar-refractivity contribution is 5.93. The predicted molar refractivity (Wildman–Crippen MR) is 114 cm³/mol. The Labute approximate surface area is 177 Å². The summed E-state index contributed by atoms with van der Waals surface area (Å²) in [5.74, 6) is -0.479. The highest BCUT2D eigenvalue weighted by atomic mass is 16.6. The van der Waals surface area contributed by atoms with Crippen LogP contribution in [-0.2, 0) is 9.53 Å². The predicted octanol–water partition coefficient (Wildman–Crippen LogP) is 3.78. The lowest BCUT2D eigenvalue weighted by atomic mass is 9.97. The number of carbonyl (C=O) groups excluding carboxylic acids is 2. The van der Waals surface area contributed by atoms with Gasteiger partial charge in [0.25, 0.3) is 11.6 Å². The molecular formula is C22H31N3O5. The van der Waals surface area contributed by atoms with Gasteiger partial charge >= 0.3 is 5.97 Å². The van der Waals surface area contributed by atoms with E-state index in [4.69, 9.17) is 4.74 Å². The molecule has 2 heterocycles. The van der Waals surface area contributed by atoms with Crippen molar-refractivity contribution in [3.05, 3.63) is 33.9 Å². The molecule has 1 aromatic carbocycles. The van der Waals surface area contributed by atoms with Crippen LogP contribution in [0.5, 0.6) is 0 Å². The third-order valence-corrected chi connectivity index (χ3v) is 6.21. The number of nitrogens with zero attached hydrogens (tertiary/aromatic N) is 3. The van der Waals surface area contributed by atoms with Gasteiger partial charge < -0.3 is 14.5 Å². The Bertz CT molecular complexity index is 802. The first-order valence-electron chi connectivity index (χ1n) is 10.8. The number of nitro benzene ring substituents is 1. The van der Waals surface area contributed by atoms with Crippen molar-refractivity contribution in [2.45, 2.75) is 65.0 Å². The van der Waals surface area contributed by atoms with Gasteiger partial charge in [0.2, 0.25) is 0 Å². The molecule has 1 amide bonds. The minimum atomic E-state index is -0.720. The summed E-state index contributed by atoms with van der Waals surface area (Å²) in [6.45, 7) is 7.29. The third-order valence-electron chi connectivity index (χ3n) is 6.21. The molecule has 1 aromatic rings. The molecule has 0 aliphatic carbocycles. The fraction of sp³-hybridized carbons (Fsp3) is 0.636. The Morgan fingerprint density at radius 3 is 2.47 bits per heavy atom. The molecule has 3 unspecified atom stereocenters. The second kappa shape index (κ2) is 9.45. The van der Waals surface area contributed by atoms with E-state index in [2.05, 4.69) is 6.92 Å². The SMILES string of the molecule is CC1CCCN(c2ccc(C(=O)OCC(=O)N3C(C)CCCC3C)cc2[N+](=O)[O-])C1. The fourth-order valence-electron chi connectivity index (χ4n) is 4.67. The summed E-state index contributed by atoms with van der Waals surface area (Å²) in [5, 5.41) is 11.6. The van der Waals surface area contributed by atoms with Crippen LogP contribution in [0.1, 0.15) is 63.2 Å². The molecule has 2 saturated heterocycles. The largest absolute Gasteiger partial charge is 0.452 e. The number of ether oxygens (including phenoxy) is 1. The molecule has 0 bridgehead atoms. The molecule has 8 nitrogen and oxygen atoms in total. The number of hydrogen-bond acceptors (Lipinski definition) is 6. The maximum Gasteiger partial charge on any atom is 0.338 e. The Balaban J connectivity index is 1.69. The van der Waals surface area contributed by atoms with E-state index in [0.717, 1.165) is 45.2 Å². The summed E-state index contributed by atoms with van der Waals surface area (Å²) < 4.78 is 5.21. The van der Waals surface area contributed by atoms with Gasteiger partial charge in [-0.1, -0.05) is 6.92 Å². The molecule has 2 aliphatic rings. The molecule has 30 heavy (non-hydrogen) atoms. The first-order chi connectivity index (χ1) is 14.3. The number of rotatable bonds is 5. The molecule has 164 valence electrons. The number of anilines is 1. The van der Waals surface area contributed by atoms with E-state index in [1.165, 1.54) is 6.07 Å². The summed E-state index contributed by atoms with van der Waals surface area (Å²) in [6, 6.07) is 4.65. The van der Waals surface area contributed by atoms with Crippen molar-refractivity contribution in [3.8, 4) is 0 Å². The molecule has 3 rings (SSSR count). The Kier molecular flexibility index (Phi) is 6.95. The normalized spacial score (nSPS) is 24.4. The number of esters is 1. The number of hydrogen-bond donors (Lipinski definition) is 0. The summed E-state index contributed by atoms with van der Waals surface area (Å²) in [4.78, 5) is 40.0. The minimum Gasteiger partial charge on any atom is -0.452 e. The Hall–Kier alpha value is -2.64. The first-order valence-corrected chi connectivity index (χ1v) is 10.8. The lowest BCUT2D eigenvalue weighted by Gasteiger charge is -2.38. The molecule has 3 atom stereocenters. The number of amides is 1. The molecule has 0 N–H and O–H groups in total. The van der Waals surface area contributed by atoms with Gasteiger partial charge in [0.1, 0.15) is 5.69 Å². The summed E-state index contributed by atoms with van der Waals surface area (Å²) >= 11 is 0. The van der Waals surface area contributed by atoms with Crippen LogP contribution in [0.2, 0.25) is 0 Å². The van der Waals surface area contributed by atoms with Crippen molar-refractivity contribution in [1.82, 2.24) is 4.90 Å². The highest BCUT2D eigenvalue weighted by Crippen LogP contribution is 2.32. The fourth-order valence-corrected chi connectivity index (χ4v) is 4.67. The zero-order chi connectivity index (χ0) is 21.8. The smallest absolute Gasteiger partial charge is 0.338 e. The Morgan fingerprint density at radius 2 is 1.83 bits per heavy atom. The third kappa shape index (κ3) is 4.91. The summed E-state index contributed by atoms with van der Waals surface area (Å²) in [7, 11) is 0. The summed E-state index contributed by atoms with van der Waals surface area (Å²) in [6.07, 6.45) is 5.05. The molecule has 8 heteroatoms. The van der Waals surface area contributed by atoms with E-state index in [0.29, 0.717) is 11.6 Å². The van der Waals surface area contributed by atoms with E-state index in [1.807, 2.05) is 18.7 Å². The van der Waals surface area contributed by atoms with Gasteiger partial charge in [-0.05, 0) is 64.0 Å². The standard InChI is InChI=1S/C22H31N3O5/c1-15-6-5-11-23(13-15)19-10-9-18(12-20(19)25(28)29)22(27)30-14-21(26)24-16(2)7-4-8-17(24)3/h9-10,12,15-17H,4-8,11,13-14H2,1-3H3. The van der Waals surface area contributed by atoms with Crippen LogP contribution < -0.4 is 4.90 Å². The van der Waals surface area contributed by atoms with Crippen LogP contribution in [0.4, 0.5) is 11.4 Å². The molecule has 0 radical (unpaired) electrons. The zero-order valence-corrected chi connectivity index (χ0v) is 18.0. The average Bonchev–Trinajstić information content (AvgIpc) is 2.71. The molecule has 0 saturated carbocycles. The van der Waals surface area contributed by atoms with Crippen molar-refractivity contribution in [3.63, 3.8) is 0 Å². The second-order valence-electron chi connectivity index (χ2n) is 8.66. The molecule has 2 aliphatic heterocycles. The van der Waals surface area contributed by atoms with Gasteiger partial charge in [0.15, 0.2) is 6.61 Å². The van der Waals surface area contributed by atoms with Crippen LogP contribution in [-0.4, -0.2) is 53.5 Å². The second-order valence-corrected chi connectivity index (χ2v) is 8.66. The quantitative estimate of drug-likeness (QED) is 0.411. The maximum absolute atomic E-state index is 12.6. The molecule has 0 aromatic heterocycles. The monoisotopic (exact) mass is 417 g/mol. The van der Waals surface area contributed by atoms with Crippen LogP contribution >= 0.6 is 0 Å². The number of benzene rings is 1. The number of piperidine rings is 2. The zero-order valence-electron chi connectivity index (χ0n) is 18.0. The van der Waals surface area contributed by atoms with Gasteiger partial charge in [-0.25, -0.2) is 4.79 Å². The van der Waals surface area contributed by atoms with E-state index in [1.54, 1.807) is 17.0 Å². The van der Waals surface area contributed by atoms with Crippen LogP contribution in [0, 0.1) is 16.0 Å². The lowest BCUT2D eigenvalue weighted by molar-refractivity contribution is -0.384. The number of likely N-dealkylation sites (tertiary alicyclic amines) is 1. The van der Waals surface area contributed by atoms with Gasteiger partial charge in [-0.2, -0.15) is 0 Å². The van der Waals surface area contributed by atoms with Gasteiger partial charge in [0, 0.05) is 31.2 Å². The first kappa shape index (κ1) is 22.1. The van der Waals surface area contributed by atoms with Crippen LogP contribution in [0.15, 0.2) is 18.2 Å². The van der Waals surface area contributed by atoms with Crippen molar-refractivity contribution in [1.29, 1.82) is 0 Å². The van der Waals surface area contributed by atoms with Crippen molar-refractivity contribution < 1.29 is 19.2 Å². The van der Waals surface area contributed by atoms with Crippen molar-refractivity contribution >= 4 is 23.3 Å². The van der Waals surface area contributed by atoms with E-state index >= 15 is 0 Å². The summed E-state index contributed by atoms with van der Waals surface area (Å²) in [5.41, 5.74) is 0.501. The van der Waals surface area contributed by atoms with Crippen molar-refractivity contribution in [2.24, 2.45) is 5.92 Å². The minimum absolute atomic E-state index is 0.0862. The van der Waals surface area contributed by atoms with Gasteiger partial charge in [-0.15, -0.1) is 0 Å². The topological polar surface area (TPSA) is 93.0 Å². The maximum atomic E-state index is 12.6. The van der Waals surface area contributed by atoms with Crippen LogP contribution in [0.25, 0.3) is 0 Å². The lowest BCUT2D eigenvalue weighted by Crippen LogP contribution is -2.49. The highest BCUT2D eigenvalue weighted by Gasteiger charge is 2.30. The molecule has 2 fully saturated rings. The number of nitro groups is 1. The van der Waals surface area contributed by atoms with Crippen molar-refractivity contribution in [2.75, 3.05) is 24.6 Å². The van der Waals surface area contributed by atoms with Gasteiger partial charge in [-0.3, -0.25) is 14.9 Å².